The number of hydrogen-bond donors (Lipinski definition) is 0. The highest BCUT2D eigenvalue weighted by molar-refractivity contribution is 7.98. The number of ether oxygens (including phenoxy) is 2. The molecule has 5 nitrogen and oxygen atoms in total. The Hall–Kier alpha value is -2.12. The lowest BCUT2D eigenvalue weighted by atomic mass is 10.2. The van der Waals surface area contributed by atoms with Crippen LogP contribution >= 0.6 is 11.8 Å². The molecule has 0 radical (unpaired) electrons. The highest BCUT2D eigenvalue weighted by atomic mass is 32.2. The van der Waals surface area contributed by atoms with E-state index in [1.165, 1.54) is 24.6 Å². The molecule has 0 bridgehead atoms. The Morgan fingerprint density at radius 2 is 1.80 bits per heavy atom. The fourth-order valence-corrected chi connectivity index (χ4v) is 4.16. The first kappa shape index (κ1) is 19.2. The Morgan fingerprint density at radius 1 is 1.12 bits per heavy atom. The van der Waals surface area contributed by atoms with E-state index in [9.17, 15) is 8.42 Å². The SMILES string of the molecule is C=CCN(c1cc(OC)ccc1OC)S(=O)(=O)c1ccc(SC)cc1. The van der Waals surface area contributed by atoms with Gasteiger partial charge in [-0.2, -0.15) is 0 Å². The van der Waals surface area contributed by atoms with E-state index >= 15 is 0 Å². The molecule has 0 atom stereocenters. The molecular formula is C18H21NO4S2. The third kappa shape index (κ3) is 4.11. The van der Waals surface area contributed by atoms with Crippen LogP contribution in [0.1, 0.15) is 0 Å². The molecule has 25 heavy (non-hydrogen) atoms. The molecule has 0 unspecified atom stereocenters. The maximum atomic E-state index is 13.2. The first-order valence-electron chi connectivity index (χ1n) is 7.47. The fourth-order valence-electron chi connectivity index (χ4n) is 2.31. The predicted molar refractivity (Wildman–Crippen MR) is 102 cm³/mol. The van der Waals surface area contributed by atoms with Crippen LogP contribution in [0.15, 0.2) is 64.9 Å². The normalized spacial score (nSPS) is 11.0. The van der Waals surface area contributed by atoms with Crippen LogP contribution in [0.2, 0.25) is 0 Å². The molecule has 0 N–H and O–H groups in total. The maximum absolute atomic E-state index is 13.2. The molecular weight excluding hydrogens is 358 g/mol. The lowest BCUT2D eigenvalue weighted by Crippen LogP contribution is -2.31. The van der Waals surface area contributed by atoms with Crippen molar-refractivity contribution in [3.63, 3.8) is 0 Å². The third-order valence-corrected chi connectivity index (χ3v) is 6.13. The van der Waals surface area contributed by atoms with Crippen molar-refractivity contribution in [1.82, 2.24) is 0 Å². The summed E-state index contributed by atoms with van der Waals surface area (Å²) in [5, 5.41) is 0. The largest absolute Gasteiger partial charge is 0.497 e. The van der Waals surface area contributed by atoms with Crippen molar-refractivity contribution in [2.75, 3.05) is 31.3 Å². The van der Waals surface area contributed by atoms with Crippen molar-refractivity contribution in [2.24, 2.45) is 0 Å². The topological polar surface area (TPSA) is 55.8 Å². The van der Waals surface area contributed by atoms with Gasteiger partial charge < -0.3 is 9.47 Å². The van der Waals surface area contributed by atoms with E-state index in [4.69, 9.17) is 9.47 Å². The van der Waals surface area contributed by atoms with E-state index in [1.54, 1.807) is 54.2 Å². The van der Waals surface area contributed by atoms with Crippen LogP contribution in [0.5, 0.6) is 11.5 Å². The summed E-state index contributed by atoms with van der Waals surface area (Å²) in [5.41, 5.74) is 0.399. The number of nitrogens with zero attached hydrogens (tertiary/aromatic N) is 1. The number of rotatable bonds is 8. The van der Waals surface area contributed by atoms with Gasteiger partial charge in [0.25, 0.3) is 10.0 Å². The van der Waals surface area contributed by atoms with Gasteiger partial charge in [0.15, 0.2) is 0 Å². The van der Waals surface area contributed by atoms with Gasteiger partial charge in [-0.3, -0.25) is 4.31 Å². The van der Waals surface area contributed by atoms with Gasteiger partial charge in [-0.05, 0) is 42.7 Å². The summed E-state index contributed by atoms with van der Waals surface area (Å²) in [6, 6.07) is 11.8. The molecule has 7 heteroatoms. The van der Waals surface area contributed by atoms with Gasteiger partial charge in [-0.25, -0.2) is 8.42 Å². The molecule has 0 aromatic heterocycles. The summed E-state index contributed by atoms with van der Waals surface area (Å²) < 4.78 is 38.2. The van der Waals surface area contributed by atoms with Crippen molar-refractivity contribution in [3.05, 3.63) is 55.1 Å². The molecule has 134 valence electrons. The summed E-state index contributed by atoms with van der Waals surface area (Å²) in [4.78, 5) is 1.20. The van der Waals surface area contributed by atoms with Crippen LogP contribution in [0.3, 0.4) is 0 Å². The molecule has 0 saturated heterocycles. The van der Waals surface area contributed by atoms with Crippen LogP contribution in [0.4, 0.5) is 5.69 Å². The van der Waals surface area contributed by atoms with Gasteiger partial charge in [0.05, 0.1) is 31.3 Å². The Balaban J connectivity index is 2.57. The molecule has 0 spiro atoms. The first-order valence-corrected chi connectivity index (χ1v) is 10.1. The van der Waals surface area contributed by atoms with E-state index in [0.717, 1.165) is 4.90 Å². The zero-order chi connectivity index (χ0) is 18.4. The summed E-state index contributed by atoms with van der Waals surface area (Å²) >= 11 is 1.55. The number of benzene rings is 2. The number of thioether (sulfide) groups is 1. The molecule has 2 aromatic rings. The van der Waals surface area contributed by atoms with E-state index in [1.807, 2.05) is 6.26 Å². The van der Waals surface area contributed by atoms with Gasteiger partial charge in [-0.1, -0.05) is 6.08 Å². The quantitative estimate of drug-likeness (QED) is 0.516. The van der Waals surface area contributed by atoms with Crippen molar-refractivity contribution in [1.29, 1.82) is 0 Å². The Labute approximate surface area is 153 Å². The zero-order valence-electron chi connectivity index (χ0n) is 14.4. The van der Waals surface area contributed by atoms with Crippen molar-refractivity contribution in [3.8, 4) is 11.5 Å². The number of methoxy groups -OCH3 is 2. The van der Waals surface area contributed by atoms with E-state index < -0.39 is 10.0 Å². The molecule has 0 amide bonds. The Morgan fingerprint density at radius 3 is 2.32 bits per heavy atom. The maximum Gasteiger partial charge on any atom is 0.264 e. The predicted octanol–water partition coefficient (Wildman–Crippen LogP) is 3.81. The van der Waals surface area contributed by atoms with Gasteiger partial charge in [-0.15, -0.1) is 18.3 Å². The second-order valence-corrected chi connectivity index (χ2v) is 7.78. The van der Waals surface area contributed by atoms with Crippen LogP contribution in [0, 0.1) is 0 Å². The first-order chi connectivity index (χ1) is 12.0. The molecule has 0 fully saturated rings. The number of sulfonamides is 1. The highest BCUT2D eigenvalue weighted by Crippen LogP contribution is 2.35. The molecule has 2 rings (SSSR count). The summed E-state index contributed by atoms with van der Waals surface area (Å²) in [5.74, 6) is 0.977. The van der Waals surface area contributed by atoms with Gasteiger partial charge in [0.1, 0.15) is 11.5 Å². The minimum absolute atomic E-state index is 0.107. The minimum atomic E-state index is -3.78. The van der Waals surface area contributed by atoms with E-state index in [-0.39, 0.29) is 11.4 Å². The molecule has 0 aliphatic rings. The van der Waals surface area contributed by atoms with Gasteiger partial charge >= 0.3 is 0 Å². The molecule has 2 aromatic carbocycles. The molecule has 0 saturated carbocycles. The molecule has 0 heterocycles. The molecule has 0 aliphatic heterocycles. The van der Waals surface area contributed by atoms with Crippen molar-refractivity contribution in [2.45, 2.75) is 9.79 Å². The lowest BCUT2D eigenvalue weighted by Gasteiger charge is -2.25. The average Bonchev–Trinajstić information content (AvgIpc) is 2.65. The van der Waals surface area contributed by atoms with Crippen LogP contribution < -0.4 is 13.8 Å². The fraction of sp³-hybridized carbons (Fsp3) is 0.222. The van der Waals surface area contributed by atoms with E-state index in [2.05, 4.69) is 6.58 Å². The van der Waals surface area contributed by atoms with E-state index in [0.29, 0.717) is 17.2 Å². The van der Waals surface area contributed by atoms with Crippen LogP contribution in [0.25, 0.3) is 0 Å². The highest BCUT2D eigenvalue weighted by Gasteiger charge is 2.27. The average molecular weight is 380 g/mol. The Kier molecular flexibility index (Phi) is 6.39. The van der Waals surface area contributed by atoms with Gasteiger partial charge in [0, 0.05) is 11.0 Å². The second kappa shape index (κ2) is 8.31. The number of anilines is 1. The summed E-state index contributed by atoms with van der Waals surface area (Å²) in [6.07, 6.45) is 3.47. The van der Waals surface area contributed by atoms with Crippen LogP contribution in [-0.4, -0.2) is 35.4 Å². The Bertz CT molecular complexity index is 833. The second-order valence-electron chi connectivity index (χ2n) is 5.04. The lowest BCUT2D eigenvalue weighted by molar-refractivity contribution is 0.404. The summed E-state index contributed by atoms with van der Waals surface area (Å²) in [6.45, 7) is 3.78. The smallest absolute Gasteiger partial charge is 0.264 e. The number of hydrogen-bond acceptors (Lipinski definition) is 5. The standard InChI is InChI=1S/C18H21NO4S2/c1-5-12-19(17-13-14(22-2)6-11-18(17)23-3)25(20,21)16-9-7-15(24-4)8-10-16/h5-11,13H,1,12H2,2-4H3. The summed E-state index contributed by atoms with van der Waals surface area (Å²) in [7, 11) is -0.757. The zero-order valence-corrected chi connectivity index (χ0v) is 16.1. The molecule has 0 aliphatic carbocycles. The third-order valence-electron chi connectivity index (χ3n) is 3.60. The van der Waals surface area contributed by atoms with Gasteiger partial charge in [0.2, 0.25) is 0 Å². The minimum Gasteiger partial charge on any atom is -0.497 e. The monoisotopic (exact) mass is 379 g/mol. The van der Waals surface area contributed by atoms with Crippen molar-refractivity contribution < 1.29 is 17.9 Å². The van der Waals surface area contributed by atoms with Crippen LogP contribution in [-0.2, 0) is 10.0 Å². The van der Waals surface area contributed by atoms with Crippen molar-refractivity contribution >= 4 is 27.5 Å².